The van der Waals surface area contributed by atoms with Gasteiger partial charge in [-0.15, -0.1) is 11.3 Å². The van der Waals surface area contributed by atoms with Crippen LogP contribution in [0.3, 0.4) is 0 Å². The smallest absolute Gasteiger partial charge is 0.223 e. The van der Waals surface area contributed by atoms with Gasteiger partial charge in [0.1, 0.15) is 0 Å². The SMILES string of the molecule is CC(=O)N1CCc2cc(NCc3cc(Cl)cs3)ccc21. The summed E-state index contributed by atoms with van der Waals surface area (Å²) in [6, 6.07) is 8.15. The molecule has 0 aliphatic carbocycles. The van der Waals surface area contributed by atoms with Crippen molar-refractivity contribution in [3.63, 3.8) is 0 Å². The molecule has 0 saturated heterocycles. The molecule has 0 atom stereocenters. The van der Waals surface area contributed by atoms with Crippen LogP contribution in [-0.2, 0) is 17.8 Å². The summed E-state index contributed by atoms with van der Waals surface area (Å²) in [5.41, 5.74) is 3.36. The number of fused-ring (bicyclic) bond motifs is 1. The van der Waals surface area contributed by atoms with Gasteiger partial charge in [-0.05, 0) is 36.2 Å². The van der Waals surface area contributed by atoms with E-state index in [9.17, 15) is 4.79 Å². The molecule has 1 N–H and O–H groups in total. The van der Waals surface area contributed by atoms with E-state index in [0.717, 1.165) is 35.9 Å². The minimum absolute atomic E-state index is 0.109. The maximum absolute atomic E-state index is 11.5. The Bertz CT molecular complexity index is 653. The Hall–Kier alpha value is -1.52. The van der Waals surface area contributed by atoms with Crippen LogP contribution in [0.15, 0.2) is 29.6 Å². The van der Waals surface area contributed by atoms with E-state index in [-0.39, 0.29) is 5.91 Å². The van der Waals surface area contributed by atoms with Crippen molar-refractivity contribution in [1.29, 1.82) is 0 Å². The van der Waals surface area contributed by atoms with Crippen molar-refractivity contribution in [2.75, 3.05) is 16.8 Å². The summed E-state index contributed by atoms with van der Waals surface area (Å²) in [6.45, 7) is 3.17. The lowest BCUT2D eigenvalue weighted by Crippen LogP contribution is -2.25. The average Bonchev–Trinajstić information content (AvgIpc) is 3.01. The van der Waals surface area contributed by atoms with Gasteiger partial charge >= 0.3 is 0 Å². The number of nitrogens with zero attached hydrogens (tertiary/aromatic N) is 1. The van der Waals surface area contributed by atoms with Crippen molar-refractivity contribution >= 4 is 40.2 Å². The van der Waals surface area contributed by atoms with Gasteiger partial charge in [-0.25, -0.2) is 0 Å². The summed E-state index contributed by atoms with van der Waals surface area (Å²) in [7, 11) is 0. The van der Waals surface area contributed by atoms with E-state index in [4.69, 9.17) is 11.6 Å². The summed E-state index contributed by atoms with van der Waals surface area (Å²) in [5.74, 6) is 0.109. The van der Waals surface area contributed by atoms with Crippen LogP contribution in [0.4, 0.5) is 11.4 Å². The first kappa shape index (κ1) is 13.5. The Morgan fingerprint density at radius 2 is 2.30 bits per heavy atom. The summed E-state index contributed by atoms with van der Waals surface area (Å²) in [5, 5.41) is 6.12. The third-order valence-corrected chi connectivity index (χ3v) is 4.73. The van der Waals surface area contributed by atoms with E-state index in [0.29, 0.717) is 0 Å². The van der Waals surface area contributed by atoms with Crippen LogP contribution in [0, 0.1) is 0 Å². The lowest BCUT2D eigenvalue weighted by Gasteiger charge is -2.15. The topological polar surface area (TPSA) is 32.3 Å². The molecule has 2 aromatic rings. The standard InChI is InChI=1S/C15H15ClN2OS/c1-10(19)18-5-4-11-6-13(2-3-15(11)18)17-8-14-7-12(16)9-20-14/h2-3,6-7,9,17H,4-5,8H2,1H3. The fraction of sp³-hybridized carbons (Fsp3) is 0.267. The number of carbonyl (C=O) groups is 1. The predicted octanol–water partition coefficient (Wildman–Crippen LogP) is 3.92. The molecule has 0 unspecified atom stereocenters. The Labute approximate surface area is 127 Å². The van der Waals surface area contributed by atoms with Gasteiger partial charge in [-0.1, -0.05) is 11.6 Å². The van der Waals surface area contributed by atoms with Crippen LogP contribution < -0.4 is 10.2 Å². The molecular formula is C15H15ClN2OS. The zero-order valence-electron chi connectivity index (χ0n) is 11.1. The van der Waals surface area contributed by atoms with E-state index < -0.39 is 0 Å². The molecule has 1 aromatic carbocycles. The minimum Gasteiger partial charge on any atom is -0.380 e. The highest BCUT2D eigenvalue weighted by atomic mass is 35.5. The summed E-state index contributed by atoms with van der Waals surface area (Å²) >= 11 is 7.56. The molecule has 2 heterocycles. The van der Waals surface area contributed by atoms with E-state index >= 15 is 0 Å². The molecule has 0 spiro atoms. The Kier molecular flexibility index (Phi) is 3.68. The first-order valence-corrected chi connectivity index (χ1v) is 7.77. The largest absolute Gasteiger partial charge is 0.380 e. The predicted molar refractivity (Wildman–Crippen MR) is 84.8 cm³/mol. The molecule has 5 heteroatoms. The Balaban J connectivity index is 1.72. The van der Waals surface area contributed by atoms with Crippen LogP contribution in [0.2, 0.25) is 5.02 Å². The second kappa shape index (κ2) is 5.46. The third-order valence-electron chi connectivity index (χ3n) is 3.44. The fourth-order valence-electron chi connectivity index (χ4n) is 2.47. The molecule has 3 nitrogen and oxygen atoms in total. The summed E-state index contributed by atoms with van der Waals surface area (Å²) in [6.07, 6.45) is 0.926. The quantitative estimate of drug-likeness (QED) is 0.932. The van der Waals surface area contributed by atoms with Gasteiger partial charge in [0, 0.05) is 41.6 Å². The number of rotatable bonds is 3. The highest BCUT2D eigenvalue weighted by Crippen LogP contribution is 2.30. The Morgan fingerprint density at radius 3 is 3.00 bits per heavy atom. The molecule has 0 radical (unpaired) electrons. The van der Waals surface area contributed by atoms with Gasteiger partial charge in [-0.2, -0.15) is 0 Å². The second-order valence-electron chi connectivity index (χ2n) is 4.85. The van der Waals surface area contributed by atoms with Crippen molar-refractivity contribution in [1.82, 2.24) is 0 Å². The zero-order valence-corrected chi connectivity index (χ0v) is 12.7. The number of anilines is 2. The lowest BCUT2D eigenvalue weighted by molar-refractivity contribution is -0.116. The van der Waals surface area contributed by atoms with Crippen LogP contribution in [-0.4, -0.2) is 12.5 Å². The number of carbonyl (C=O) groups excluding carboxylic acids is 1. The molecule has 104 valence electrons. The van der Waals surface area contributed by atoms with Crippen LogP contribution in [0.25, 0.3) is 0 Å². The summed E-state index contributed by atoms with van der Waals surface area (Å²) in [4.78, 5) is 14.5. The normalized spacial score (nSPS) is 13.4. The number of halogens is 1. The molecular weight excluding hydrogens is 292 g/mol. The van der Waals surface area contributed by atoms with Gasteiger partial charge in [-0.3, -0.25) is 4.79 Å². The zero-order chi connectivity index (χ0) is 14.1. The molecule has 0 bridgehead atoms. The first-order chi connectivity index (χ1) is 9.63. The van der Waals surface area contributed by atoms with Crippen molar-refractivity contribution in [2.24, 2.45) is 0 Å². The van der Waals surface area contributed by atoms with Crippen LogP contribution in [0.5, 0.6) is 0 Å². The lowest BCUT2D eigenvalue weighted by atomic mass is 10.1. The van der Waals surface area contributed by atoms with Crippen LogP contribution >= 0.6 is 22.9 Å². The molecule has 1 aliphatic rings. The van der Waals surface area contributed by atoms with Gasteiger partial charge in [0.25, 0.3) is 0 Å². The maximum atomic E-state index is 11.5. The van der Waals surface area contributed by atoms with Gasteiger partial charge < -0.3 is 10.2 Å². The van der Waals surface area contributed by atoms with E-state index in [1.165, 1.54) is 10.4 Å². The second-order valence-corrected chi connectivity index (χ2v) is 6.28. The Morgan fingerprint density at radius 1 is 1.45 bits per heavy atom. The number of thiophene rings is 1. The van der Waals surface area contributed by atoms with E-state index in [1.54, 1.807) is 18.3 Å². The van der Waals surface area contributed by atoms with Gasteiger partial charge in [0.05, 0.1) is 5.02 Å². The fourth-order valence-corrected chi connectivity index (χ4v) is 3.49. The highest BCUT2D eigenvalue weighted by molar-refractivity contribution is 7.10. The van der Waals surface area contributed by atoms with Gasteiger partial charge in [0.2, 0.25) is 5.91 Å². The molecule has 1 amide bonds. The number of hydrogen-bond acceptors (Lipinski definition) is 3. The summed E-state index contributed by atoms with van der Waals surface area (Å²) < 4.78 is 0. The molecule has 3 rings (SSSR count). The highest BCUT2D eigenvalue weighted by Gasteiger charge is 2.21. The average molecular weight is 307 g/mol. The molecule has 0 saturated carbocycles. The molecule has 20 heavy (non-hydrogen) atoms. The first-order valence-electron chi connectivity index (χ1n) is 6.51. The molecule has 1 aromatic heterocycles. The number of nitrogens with one attached hydrogen (secondary N) is 1. The van der Waals surface area contributed by atoms with E-state index in [2.05, 4.69) is 11.4 Å². The number of amides is 1. The minimum atomic E-state index is 0.109. The van der Waals surface area contributed by atoms with Crippen molar-refractivity contribution < 1.29 is 4.79 Å². The molecule has 1 aliphatic heterocycles. The van der Waals surface area contributed by atoms with Crippen molar-refractivity contribution in [2.45, 2.75) is 19.9 Å². The van der Waals surface area contributed by atoms with Crippen molar-refractivity contribution in [3.05, 3.63) is 45.1 Å². The number of benzene rings is 1. The van der Waals surface area contributed by atoms with Crippen LogP contribution in [0.1, 0.15) is 17.4 Å². The molecule has 0 fully saturated rings. The van der Waals surface area contributed by atoms with E-state index in [1.807, 2.05) is 28.5 Å². The monoisotopic (exact) mass is 306 g/mol. The van der Waals surface area contributed by atoms with Crippen molar-refractivity contribution in [3.8, 4) is 0 Å². The van der Waals surface area contributed by atoms with Gasteiger partial charge in [0.15, 0.2) is 0 Å². The maximum Gasteiger partial charge on any atom is 0.223 e. The number of hydrogen-bond donors (Lipinski definition) is 1. The third kappa shape index (κ3) is 2.67.